The minimum Gasteiger partial charge on any atom is -0.458 e. The van der Waals surface area contributed by atoms with E-state index in [2.05, 4.69) is 5.92 Å². The first-order valence-electron chi connectivity index (χ1n) is 8.63. The molecule has 0 heterocycles. The van der Waals surface area contributed by atoms with E-state index in [9.17, 15) is 9.59 Å². The lowest BCUT2D eigenvalue weighted by Crippen LogP contribution is -2.50. The van der Waals surface area contributed by atoms with Crippen LogP contribution in [0.1, 0.15) is 47.1 Å². The highest BCUT2D eigenvalue weighted by Crippen LogP contribution is 2.18. The van der Waals surface area contributed by atoms with Gasteiger partial charge in [0.2, 0.25) is 0 Å². The SMILES string of the molecule is C#CCN(C(=O)OC(C)(C)C)[C@H](Cc1ccccc1)C(=O)OC(C)(C)C. The molecule has 5 nitrogen and oxygen atoms in total. The highest BCUT2D eigenvalue weighted by Gasteiger charge is 2.35. The number of esters is 1. The van der Waals surface area contributed by atoms with Crippen LogP contribution in [0.4, 0.5) is 4.79 Å². The number of carbonyl (C=O) groups is 2. The molecule has 142 valence electrons. The van der Waals surface area contributed by atoms with Crippen molar-refractivity contribution in [2.24, 2.45) is 0 Å². The summed E-state index contributed by atoms with van der Waals surface area (Å²) in [4.78, 5) is 26.7. The third-order valence-electron chi connectivity index (χ3n) is 3.22. The fourth-order valence-corrected chi connectivity index (χ4v) is 2.25. The number of amides is 1. The van der Waals surface area contributed by atoms with E-state index in [1.165, 1.54) is 4.90 Å². The van der Waals surface area contributed by atoms with E-state index in [4.69, 9.17) is 15.9 Å². The van der Waals surface area contributed by atoms with Crippen LogP contribution in [0.3, 0.4) is 0 Å². The second kappa shape index (κ2) is 8.75. The Morgan fingerprint density at radius 1 is 1.04 bits per heavy atom. The quantitative estimate of drug-likeness (QED) is 0.592. The van der Waals surface area contributed by atoms with E-state index in [1.807, 2.05) is 30.3 Å². The molecule has 0 aliphatic carbocycles. The van der Waals surface area contributed by atoms with Crippen molar-refractivity contribution in [3.05, 3.63) is 35.9 Å². The molecule has 0 spiro atoms. The molecule has 1 rings (SSSR count). The Morgan fingerprint density at radius 2 is 1.58 bits per heavy atom. The molecule has 5 heteroatoms. The summed E-state index contributed by atoms with van der Waals surface area (Å²) in [5.74, 6) is 1.92. The molecule has 0 saturated carbocycles. The molecule has 0 saturated heterocycles. The van der Waals surface area contributed by atoms with Gasteiger partial charge in [0.25, 0.3) is 0 Å². The predicted octanol–water partition coefficient (Wildman–Crippen LogP) is 3.81. The maximum Gasteiger partial charge on any atom is 0.411 e. The third-order valence-corrected chi connectivity index (χ3v) is 3.22. The van der Waals surface area contributed by atoms with Crippen molar-refractivity contribution < 1.29 is 19.1 Å². The Labute approximate surface area is 156 Å². The van der Waals surface area contributed by atoms with E-state index in [-0.39, 0.29) is 13.0 Å². The first-order valence-corrected chi connectivity index (χ1v) is 8.63. The number of hydrogen-bond acceptors (Lipinski definition) is 4. The Balaban J connectivity index is 3.18. The first kappa shape index (κ1) is 21.6. The Hall–Kier alpha value is -2.48. The normalized spacial score (nSPS) is 12.7. The molecular weight excluding hydrogens is 330 g/mol. The summed E-state index contributed by atoms with van der Waals surface area (Å²) in [6.45, 7) is 10.6. The van der Waals surface area contributed by atoms with Gasteiger partial charge in [-0.3, -0.25) is 4.90 Å². The van der Waals surface area contributed by atoms with E-state index >= 15 is 0 Å². The van der Waals surface area contributed by atoms with E-state index in [0.717, 1.165) is 5.56 Å². The average molecular weight is 359 g/mol. The Bertz CT molecular complexity index is 647. The molecule has 0 aliphatic rings. The minimum atomic E-state index is -0.873. The summed E-state index contributed by atoms with van der Waals surface area (Å²) < 4.78 is 11.0. The number of hydrogen-bond donors (Lipinski definition) is 0. The molecule has 0 unspecified atom stereocenters. The zero-order chi connectivity index (χ0) is 20.0. The van der Waals surface area contributed by atoms with Gasteiger partial charge in [0.15, 0.2) is 0 Å². The smallest absolute Gasteiger partial charge is 0.411 e. The lowest BCUT2D eigenvalue weighted by atomic mass is 10.0. The number of ether oxygens (including phenoxy) is 2. The van der Waals surface area contributed by atoms with Crippen molar-refractivity contribution in [2.75, 3.05) is 6.54 Å². The predicted molar refractivity (Wildman–Crippen MR) is 102 cm³/mol. The molecule has 1 aromatic carbocycles. The van der Waals surface area contributed by atoms with Gasteiger partial charge in [-0.15, -0.1) is 6.42 Å². The number of benzene rings is 1. The topological polar surface area (TPSA) is 55.8 Å². The van der Waals surface area contributed by atoms with Crippen molar-refractivity contribution in [1.29, 1.82) is 0 Å². The molecule has 0 aliphatic heterocycles. The van der Waals surface area contributed by atoms with Gasteiger partial charge in [-0.2, -0.15) is 0 Å². The molecule has 1 atom stereocenters. The van der Waals surface area contributed by atoms with Crippen LogP contribution >= 0.6 is 0 Å². The lowest BCUT2D eigenvalue weighted by Gasteiger charge is -2.33. The summed E-state index contributed by atoms with van der Waals surface area (Å²) in [6, 6.07) is 8.55. The molecule has 26 heavy (non-hydrogen) atoms. The van der Waals surface area contributed by atoms with Crippen LogP contribution in [0.15, 0.2) is 30.3 Å². The second-order valence-electron chi connectivity index (χ2n) is 8.05. The molecule has 1 amide bonds. The fourth-order valence-electron chi connectivity index (χ4n) is 2.25. The lowest BCUT2D eigenvalue weighted by molar-refractivity contribution is -0.161. The van der Waals surface area contributed by atoms with Crippen molar-refractivity contribution in [3.8, 4) is 12.3 Å². The number of nitrogens with zero attached hydrogens (tertiary/aromatic N) is 1. The van der Waals surface area contributed by atoms with Gasteiger partial charge < -0.3 is 9.47 Å². The van der Waals surface area contributed by atoms with Crippen LogP contribution in [0, 0.1) is 12.3 Å². The van der Waals surface area contributed by atoms with Gasteiger partial charge in [0.1, 0.15) is 17.2 Å². The van der Waals surface area contributed by atoms with Crippen LogP contribution in [-0.2, 0) is 20.7 Å². The molecule has 0 aromatic heterocycles. The zero-order valence-electron chi connectivity index (χ0n) is 16.5. The summed E-state index contributed by atoms with van der Waals surface area (Å²) in [5, 5.41) is 0. The number of terminal acetylenes is 1. The molecular formula is C21H29NO4. The van der Waals surface area contributed by atoms with Crippen LogP contribution in [0.2, 0.25) is 0 Å². The highest BCUT2D eigenvalue weighted by molar-refractivity contribution is 5.82. The standard InChI is InChI=1S/C21H29NO4/c1-8-14-22(19(24)26-21(5,6)7)17(18(23)25-20(2,3)4)15-16-12-10-9-11-13-16/h1,9-13,17H,14-15H2,2-7H3/t17-/m1/s1. The molecule has 0 bridgehead atoms. The molecule has 0 radical (unpaired) electrons. The van der Waals surface area contributed by atoms with Gasteiger partial charge in [-0.25, -0.2) is 9.59 Å². The maximum atomic E-state index is 12.8. The highest BCUT2D eigenvalue weighted by atomic mass is 16.6. The maximum absolute atomic E-state index is 12.8. The fraction of sp³-hybridized carbons (Fsp3) is 0.524. The summed E-state index contributed by atoms with van der Waals surface area (Å²) in [5.41, 5.74) is -0.481. The van der Waals surface area contributed by atoms with Crippen LogP contribution in [0.5, 0.6) is 0 Å². The minimum absolute atomic E-state index is 0.0499. The second-order valence-corrected chi connectivity index (χ2v) is 8.05. The van der Waals surface area contributed by atoms with Crippen LogP contribution in [0.25, 0.3) is 0 Å². The van der Waals surface area contributed by atoms with Crippen molar-refractivity contribution >= 4 is 12.1 Å². The Kier molecular flexibility index (Phi) is 7.26. The van der Waals surface area contributed by atoms with Gasteiger partial charge in [-0.05, 0) is 47.1 Å². The summed E-state index contributed by atoms with van der Waals surface area (Å²) in [6.07, 6.45) is 5.09. The average Bonchev–Trinajstić information content (AvgIpc) is 2.48. The van der Waals surface area contributed by atoms with E-state index < -0.39 is 29.3 Å². The van der Waals surface area contributed by atoms with Crippen molar-refractivity contribution in [3.63, 3.8) is 0 Å². The number of carbonyl (C=O) groups excluding carboxylic acids is 2. The van der Waals surface area contributed by atoms with Gasteiger partial charge in [0.05, 0.1) is 6.54 Å². The Morgan fingerprint density at radius 3 is 2.04 bits per heavy atom. The third kappa shape index (κ3) is 7.60. The summed E-state index contributed by atoms with van der Waals surface area (Å²) >= 11 is 0. The largest absolute Gasteiger partial charge is 0.458 e. The monoisotopic (exact) mass is 359 g/mol. The van der Waals surface area contributed by atoms with Gasteiger partial charge in [-0.1, -0.05) is 36.3 Å². The molecule has 0 N–H and O–H groups in total. The molecule has 0 fully saturated rings. The van der Waals surface area contributed by atoms with Gasteiger partial charge >= 0.3 is 12.1 Å². The van der Waals surface area contributed by atoms with E-state index in [1.54, 1.807) is 41.5 Å². The van der Waals surface area contributed by atoms with Crippen LogP contribution < -0.4 is 0 Å². The number of rotatable bonds is 5. The molecule has 1 aromatic rings. The zero-order valence-corrected chi connectivity index (χ0v) is 16.5. The van der Waals surface area contributed by atoms with E-state index in [0.29, 0.717) is 0 Å². The van der Waals surface area contributed by atoms with Gasteiger partial charge in [0, 0.05) is 6.42 Å². The van der Waals surface area contributed by atoms with Crippen molar-refractivity contribution in [2.45, 2.75) is 65.2 Å². The van der Waals surface area contributed by atoms with Crippen molar-refractivity contribution in [1.82, 2.24) is 4.90 Å². The summed E-state index contributed by atoms with van der Waals surface area (Å²) in [7, 11) is 0. The van der Waals surface area contributed by atoms with Crippen LogP contribution in [-0.4, -0.2) is 40.8 Å². The first-order chi connectivity index (χ1) is 11.9.